The Balaban J connectivity index is 2.22. The van der Waals surface area contributed by atoms with E-state index in [-0.39, 0.29) is 0 Å². The molecule has 0 amide bonds. The third-order valence-corrected chi connectivity index (χ3v) is 2.82. The number of rotatable bonds is 4. The summed E-state index contributed by atoms with van der Waals surface area (Å²) in [5, 5.41) is 0. The predicted octanol–water partition coefficient (Wildman–Crippen LogP) is 2.70. The highest BCUT2D eigenvalue weighted by Gasteiger charge is 2.01. The fourth-order valence-corrected chi connectivity index (χ4v) is 1.92. The molecule has 1 N–H and O–H groups in total. The lowest BCUT2D eigenvalue weighted by molar-refractivity contribution is 0.397. The molecule has 2 aromatic rings. The number of aryl methyl sites for hydroxylation is 1. The molecule has 18 heavy (non-hydrogen) atoms. The van der Waals surface area contributed by atoms with Crippen LogP contribution in [0.1, 0.15) is 24.0 Å². The lowest BCUT2D eigenvalue weighted by Crippen LogP contribution is -2.01. The minimum Gasteiger partial charge on any atom is -0.481 e. The molecule has 4 nitrogen and oxygen atoms in total. The third-order valence-electron chi connectivity index (χ3n) is 2.61. The van der Waals surface area contributed by atoms with Gasteiger partial charge in [0, 0.05) is 24.4 Å². The van der Waals surface area contributed by atoms with Gasteiger partial charge in [0.25, 0.3) is 0 Å². The van der Waals surface area contributed by atoms with Gasteiger partial charge in [-0.1, -0.05) is 25.2 Å². The van der Waals surface area contributed by atoms with Crippen molar-refractivity contribution in [3.63, 3.8) is 0 Å². The van der Waals surface area contributed by atoms with Crippen molar-refractivity contribution in [2.75, 3.05) is 7.11 Å². The summed E-state index contributed by atoms with van der Waals surface area (Å²) >= 11 is 5.14. The molecule has 0 aliphatic rings. The monoisotopic (exact) mass is 261 g/mol. The van der Waals surface area contributed by atoms with Gasteiger partial charge in [-0.2, -0.15) is 0 Å². The number of ether oxygens (including phenoxy) is 1. The molecule has 0 saturated carbocycles. The first-order valence-corrected chi connectivity index (χ1v) is 6.20. The number of hydrogen-bond donors (Lipinski definition) is 1. The van der Waals surface area contributed by atoms with Gasteiger partial charge in [0.2, 0.25) is 5.88 Å². The summed E-state index contributed by atoms with van der Waals surface area (Å²) in [6, 6.07) is 5.71. The molecule has 0 unspecified atom stereocenters. The molecule has 0 aliphatic heterocycles. The summed E-state index contributed by atoms with van der Waals surface area (Å²) < 4.78 is 5.65. The molecule has 0 spiro atoms. The number of aromatic nitrogens is 3. The summed E-state index contributed by atoms with van der Waals surface area (Å²) in [4.78, 5) is 11.8. The van der Waals surface area contributed by atoms with Crippen molar-refractivity contribution in [1.29, 1.82) is 0 Å². The summed E-state index contributed by atoms with van der Waals surface area (Å²) in [6.45, 7) is 2.08. The molecule has 0 saturated heterocycles. The van der Waals surface area contributed by atoms with E-state index in [9.17, 15) is 0 Å². The maximum atomic E-state index is 5.14. The van der Waals surface area contributed by atoms with Crippen LogP contribution in [0, 0.1) is 4.64 Å². The van der Waals surface area contributed by atoms with E-state index in [1.54, 1.807) is 13.3 Å². The van der Waals surface area contributed by atoms with Crippen LogP contribution in [0.3, 0.4) is 0 Å². The number of pyridine rings is 1. The first kappa shape index (κ1) is 12.7. The molecule has 0 atom stereocenters. The Hall–Kier alpha value is -1.75. The van der Waals surface area contributed by atoms with Gasteiger partial charge < -0.3 is 9.72 Å². The molecular formula is C13H15N3OS. The molecule has 0 bridgehead atoms. The molecule has 0 fully saturated rings. The van der Waals surface area contributed by atoms with Crippen molar-refractivity contribution in [1.82, 2.24) is 15.0 Å². The van der Waals surface area contributed by atoms with Crippen molar-refractivity contribution in [3.8, 4) is 5.88 Å². The molecule has 2 aromatic heterocycles. The highest BCUT2D eigenvalue weighted by Crippen LogP contribution is 2.10. The highest BCUT2D eigenvalue weighted by molar-refractivity contribution is 7.71. The molecule has 0 aromatic carbocycles. The Morgan fingerprint density at radius 3 is 2.83 bits per heavy atom. The quantitative estimate of drug-likeness (QED) is 0.860. The van der Waals surface area contributed by atoms with Crippen molar-refractivity contribution >= 4 is 12.2 Å². The van der Waals surface area contributed by atoms with Gasteiger partial charge in [-0.15, -0.1) is 0 Å². The number of nitrogens with one attached hydrogen (secondary N) is 1. The molecule has 94 valence electrons. The van der Waals surface area contributed by atoms with Gasteiger partial charge in [0.1, 0.15) is 10.5 Å². The minimum atomic E-state index is 0.613. The first-order chi connectivity index (χ1) is 8.71. The van der Waals surface area contributed by atoms with Gasteiger partial charge in [-0.25, -0.2) is 9.97 Å². The number of aromatic amines is 1. The fourth-order valence-electron chi connectivity index (χ4n) is 1.67. The fraction of sp³-hybridized carbons (Fsp3) is 0.308. The third kappa shape index (κ3) is 3.13. The summed E-state index contributed by atoms with van der Waals surface area (Å²) in [6.07, 6.45) is 3.39. The zero-order valence-electron chi connectivity index (χ0n) is 10.4. The molecular weight excluding hydrogens is 246 g/mol. The SMILES string of the molecule is CCc1cc(=S)nc(Cc2ccc(OC)nc2)[nH]1. The lowest BCUT2D eigenvalue weighted by Gasteiger charge is -2.05. The second-order valence-electron chi connectivity index (χ2n) is 3.93. The van der Waals surface area contributed by atoms with Crippen LogP contribution in [0.4, 0.5) is 0 Å². The Morgan fingerprint density at radius 1 is 1.39 bits per heavy atom. The van der Waals surface area contributed by atoms with Crippen LogP contribution in [0.25, 0.3) is 0 Å². The second-order valence-corrected chi connectivity index (χ2v) is 4.35. The summed E-state index contributed by atoms with van der Waals surface area (Å²) in [5.74, 6) is 1.48. The van der Waals surface area contributed by atoms with E-state index in [2.05, 4.69) is 21.9 Å². The Morgan fingerprint density at radius 2 is 2.22 bits per heavy atom. The summed E-state index contributed by atoms with van der Waals surface area (Å²) in [5.41, 5.74) is 2.17. The standard InChI is InChI=1S/C13H15N3OS/c1-3-10-7-13(18)16-11(15-10)6-9-4-5-12(17-2)14-8-9/h4-5,7-8H,3,6H2,1-2H3,(H,15,16,18). The predicted molar refractivity (Wildman–Crippen MR) is 72.4 cm³/mol. The van der Waals surface area contributed by atoms with E-state index in [1.807, 2.05) is 18.2 Å². The highest BCUT2D eigenvalue weighted by atomic mass is 32.1. The summed E-state index contributed by atoms with van der Waals surface area (Å²) in [7, 11) is 1.60. The van der Waals surface area contributed by atoms with Crippen molar-refractivity contribution in [3.05, 3.63) is 46.1 Å². The van der Waals surface area contributed by atoms with Crippen molar-refractivity contribution in [2.45, 2.75) is 19.8 Å². The van der Waals surface area contributed by atoms with Gasteiger partial charge in [0.15, 0.2) is 0 Å². The molecule has 5 heteroatoms. The molecule has 0 radical (unpaired) electrons. The van der Waals surface area contributed by atoms with E-state index in [4.69, 9.17) is 17.0 Å². The zero-order valence-corrected chi connectivity index (χ0v) is 11.3. The van der Waals surface area contributed by atoms with Gasteiger partial charge in [-0.3, -0.25) is 0 Å². The van der Waals surface area contributed by atoms with Crippen LogP contribution in [0.2, 0.25) is 0 Å². The normalized spacial score (nSPS) is 10.3. The molecule has 2 rings (SSSR count). The average Bonchev–Trinajstić information content (AvgIpc) is 2.39. The molecule has 2 heterocycles. The van der Waals surface area contributed by atoms with Crippen molar-refractivity contribution < 1.29 is 4.74 Å². The van der Waals surface area contributed by atoms with Gasteiger partial charge >= 0.3 is 0 Å². The van der Waals surface area contributed by atoms with E-state index in [0.717, 1.165) is 23.5 Å². The maximum absolute atomic E-state index is 5.14. The van der Waals surface area contributed by atoms with Crippen LogP contribution >= 0.6 is 12.2 Å². The lowest BCUT2D eigenvalue weighted by atomic mass is 10.2. The van der Waals surface area contributed by atoms with Crippen LogP contribution in [-0.2, 0) is 12.8 Å². The number of H-pyrrole nitrogens is 1. The van der Waals surface area contributed by atoms with Crippen LogP contribution in [-0.4, -0.2) is 22.1 Å². The smallest absolute Gasteiger partial charge is 0.212 e. The van der Waals surface area contributed by atoms with Crippen molar-refractivity contribution in [2.24, 2.45) is 0 Å². The minimum absolute atomic E-state index is 0.613. The number of hydrogen-bond acceptors (Lipinski definition) is 4. The van der Waals surface area contributed by atoms with E-state index in [1.165, 1.54) is 0 Å². The molecule has 0 aliphatic carbocycles. The van der Waals surface area contributed by atoms with Crippen LogP contribution < -0.4 is 4.74 Å². The number of methoxy groups -OCH3 is 1. The van der Waals surface area contributed by atoms with E-state index >= 15 is 0 Å². The van der Waals surface area contributed by atoms with Crippen LogP contribution in [0.15, 0.2) is 24.4 Å². The Labute approximate surface area is 111 Å². The average molecular weight is 261 g/mol. The van der Waals surface area contributed by atoms with Gasteiger partial charge in [-0.05, 0) is 18.1 Å². The number of nitrogens with zero attached hydrogens (tertiary/aromatic N) is 2. The Bertz CT molecular complexity index is 578. The topological polar surface area (TPSA) is 50.8 Å². The largest absolute Gasteiger partial charge is 0.481 e. The van der Waals surface area contributed by atoms with E-state index in [0.29, 0.717) is 16.9 Å². The zero-order chi connectivity index (χ0) is 13.0. The van der Waals surface area contributed by atoms with E-state index < -0.39 is 0 Å². The second kappa shape index (κ2) is 5.73. The van der Waals surface area contributed by atoms with Gasteiger partial charge in [0.05, 0.1) is 7.11 Å². The first-order valence-electron chi connectivity index (χ1n) is 5.79. The van der Waals surface area contributed by atoms with Crippen LogP contribution in [0.5, 0.6) is 5.88 Å². The maximum Gasteiger partial charge on any atom is 0.212 e. The Kier molecular flexibility index (Phi) is 4.04.